The van der Waals surface area contributed by atoms with Crippen molar-refractivity contribution in [2.24, 2.45) is 0 Å². The first-order valence-electron chi connectivity index (χ1n) is 4.54. The van der Waals surface area contributed by atoms with Crippen molar-refractivity contribution in [2.45, 2.75) is 6.42 Å². The Balaban J connectivity index is 2.29. The summed E-state index contributed by atoms with van der Waals surface area (Å²) in [5.74, 6) is -0.290. The molecule has 0 radical (unpaired) electrons. The SMILES string of the molecule is N#CCC(=O)Nc1c[nH]c2ccccc12. The van der Waals surface area contributed by atoms with Gasteiger partial charge in [-0.2, -0.15) is 5.26 Å². The number of nitrogens with one attached hydrogen (secondary N) is 2. The van der Waals surface area contributed by atoms with Gasteiger partial charge in [0.2, 0.25) is 5.91 Å². The van der Waals surface area contributed by atoms with Gasteiger partial charge in [-0.15, -0.1) is 0 Å². The molecule has 74 valence electrons. The van der Waals surface area contributed by atoms with Gasteiger partial charge >= 0.3 is 0 Å². The van der Waals surface area contributed by atoms with Gasteiger partial charge in [-0.1, -0.05) is 18.2 Å². The van der Waals surface area contributed by atoms with Gasteiger partial charge in [0, 0.05) is 17.1 Å². The summed E-state index contributed by atoms with van der Waals surface area (Å²) < 4.78 is 0. The highest BCUT2D eigenvalue weighted by atomic mass is 16.1. The molecule has 1 aromatic heterocycles. The number of hydrogen-bond acceptors (Lipinski definition) is 2. The van der Waals surface area contributed by atoms with Gasteiger partial charge in [-0.3, -0.25) is 4.79 Å². The Hall–Kier alpha value is -2.28. The minimum absolute atomic E-state index is 0.125. The topological polar surface area (TPSA) is 68.7 Å². The fraction of sp³-hybridized carbons (Fsp3) is 0.0909. The van der Waals surface area contributed by atoms with Crippen LogP contribution in [0.15, 0.2) is 30.5 Å². The number of fused-ring (bicyclic) bond motifs is 1. The van der Waals surface area contributed by atoms with E-state index in [1.807, 2.05) is 24.3 Å². The Bertz CT molecular complexity index is 536. The van der Waals surface area contributed by atoms with Crippen LogP contribution in [0.4, 0.5) is 5.69 Å². The number of aromatic amines is 1. The number of anilines is 1. The van der Waals surface area contributed by atoms with Crippen LogP contribution in [-0.4, -0.2) is 10.9 Å². The first-order valence-corrected chi connectivity index (χ1v) is 4.54. The van der Waals surface area contributed by atoms with E-state index in [-0.39, 0.29) is 12.3 Å². The first-order chi connectivity index (χ1) is 7.31. The molecule has 2 rings (SSSR count). The van der Waals surface area contributed by atoms with Crippen molar-refractivity contribution in [2.75, 3.05) is 5.32 Å². The van der Waals surface area contributed by atoms with Crippen LogP contribution in [-0.2, 0) is 4.79 Å². The molecular weight excluding hydrogens is 190 g/mol. The predicted molar refractivity (Wildman–Crippen MR) is 57.2 cm³/mol. The van der Waals surface area contributed by atoms with E-state index in [2.05, 4.69) is 10.3 Å². The summed E-state index contributed by atoms with van der Waals surface area (Å²) in [6, 6.07) is 9.46. The van der Waals surface area contributed by atoms with Crippen molar-refractivity contribution in [1.82, 2.24) is 4.98 Å². The monoisotopic (exact) mass is 199 g/mol. The molecule has 0 fully saturated rings. The van der Waals surface area contributed by atoms with E-state index in [0.29, 0.717) is 5.69 Å². The lowest BCUT2D eigenvalue weighted by atomic mass is 10.2. The molecular formula is C11H9N3O. The number of aromatic nitrogens is 1. The van der Waals surface area contributed by atoms with Crippen LogP contribution >= 0.6 is 0 Å². The first kappa shape index (κ1) is 9.28. The smallest absolute Gasteiger partial charge is 0.238 e. The number of para-hydroxylation sites is 1. The predicted octanol–water partition coefficient (Wildman–Crippen LogP) is 2.02. The van der Waals surface area contributed by atoms with Gasteiger partial charge in [0.05, 0.1) is 11.8 Å². The Labute approximate surface area is 86.5 Å². The fourth-order valence-corrected chi connectivity index (χ4v) is 1.44. The van der Waals surface area contributed by atoms with Gasteiger partial charge in [-0.05, 0) is 6.07 Å². The molecule has 1 heterocycles. The average Bonchev–Trinajstić information content (AvgIpc) is 2.62. The van der Waals surface area contributed by atoms with Crippen LogP contribution in [0.3, 0.4) is 0 Å². The summed E-state index contributed by atoms with van der Waals surface area (Å²) in [4.78, 5) is 14.2. The standard InChI is InChI=1S/C11H9N3O/c12-6-5-11(15)14-10-7-13-9-4-2-1-3-8(9)10/h1-4,7,13H,5H2,(H,14,15). The lowest BCUT2D eigenvalue weighted by molar-refractivity contribution is -0.115. The van der Waals surface area contributed by atoms with Crippen molar-refractivity contribution < 1.29 is 4.79 Å². The van der Waals surface area contributed by atoms with Crippen LogP contribution in [0.25, 0.3) is 10.9 Å². The molecule has 0 aliphatic heterocycles. The number of benzene rings is 1. The van der Waals surface area contributed by atoms with Crippen LogP contribution in [0.5, 0.6) is 0 Å². The third-order valence-corrected chi connectivity index (χ3v) is 2.10. The average molecular weight is 199 g/mol. The molecule has 15 heavy (non-hydrogen) atoms. The summed E-state index contributed by atoms with van der Waals surface area (Å²) >= 11 is 0. The Morgan fingerprint density at radius 3 is 3.07 bits per heavy atom. The number of hydrogen-bond donors (Lipinski definition) is 2. The quantitative estimate of drug-likeness (QED) is 0.776. The van der Waals surface area contributed by atoms with Crippen LogP contribution in [0, 0.1) is 11.3 Å². The fourth-order valence-electron chi connectivity index (χ4n) is 1.44. The molecule has 0 aliphatic carbocycles. The van der Waals surface area contributed by atoms with E-state index in [4.69, 9.17) is 5.26 Å². The number of nitriles is 1. The van der Waals surface area contributed by atoms with E-state index in [1.54, 1.807) is 12.3 Å². The van der Waals surface area contributed by atoms with Crippen LogP contribution in [0.2, 0.25) is 0 Å². The molecule has 2 aromatic rings. The van der Waals surface area contributed by atoms with Crippen molar-refractivity contribution in [3.8, 4) is 6.07 Å². The third-order valence-electron chi connectivity index (χ3n) is 2.10. The van der Waals surface area contributed by atoms with Crippen molar-refractivity contribution >= 4 is 22.5 Å². The third kappa shape index (κ3) is 1.81. The molecule has 0 spiro atoms. The second-order valence-electron chi connectivity index (χ2n) is 3.13. The maximum Gasteiger partial charge on any atom is 0.238 e. The lowest BCUT2D eigenvalue weighted by Gasteiger charge is -1.99. The molecule has 0 saturated carbocycles. The summed E-state index contributed by atoms with van der Waals surface area (Å²) in [6.45, 7) is 0. The number of nitrogens with zero attached hydrogens (tertiary/aromatic N) is 1. The minimum atomic E-state index is -0.290. The Morgan fingerprint density at radius 2 is 2.27 bits per heavy atom. The highest BCUT2D eigenvalue weighted by molar-refractivity contribution is 6.02. The number of H-pyrrole nitrogens is 1. The van der Waals surface area contributed by atoms with Crippen LogP contribution < -0.4 is 5.32 Å². The van der Waals surface area contributed by atoms with Gasteiger partial charge in [0.15, 0.2) is 0 Å². The lowest BCUT2D eigenvalue weighted by Crippen LogP contribution is -2.09. The molecule has 4 nitrogen and oxygen atoms in total. The molecule has 0 bridgehead atoms. The molecule has 1 amide bonds. The maximum absolute atomic E-state index is 11.2. The van der Waals surface area contributed by atoms with Crippen molar-refractivity contribution in [1.29, 1.82) is 5.26 Å². The molecule has 0 saturated heterocycles. The van der Waals surface area contributed by atoms with Crippen LogP contribution in [0.1, 0.15) is 6.42 Å². The van der Waals surface area contributed by atoms with E-state index in [9.17, 15) is 4.79 Å². The summed E-state index contributed by atoms with van der Waals surface area (Å²) in [5.41, 5.74) is 1.68. The summed E-state index contributed by atoms with van der Waals surface area (Å²) in [6.07, 6.45) is 1.60. The molecule has 4 heteroatoms. The normalized spacial score (nSPS) is 9.80. The molecule has 0 aliphatic rings. The van der Waals surface area contributed by atoms with Crippen molar-refractivity contribution in [3.05, 3.63) is 30.5 Å². The molecule has 1 aromatic carbocycles. The second kappa shape index (κ2) is 3.84. The molecule has 2 N–H and O–H groups in total. The number of rotatable bonds is 2. The number of amides is 1. The summed E-state index contributed by atoms with van der Waals surface area (Å²) in [7, 11) is 0. The zero-order chi connectivity index (χ0) is 10.7. The van der Waals surface area contributed by atoms with Crippen molar-refractivity contribution in [3.63, 3.8) is 0 Å². The highest BCUT2D eigenvalue weighted by Gasteiger charge is 2.05. The number of carbonyl (C=O) groups excluding carboxylic acids is 1. The molecule has 0 unspecified atom stereocenters. The van der Waals surface area contributed by atoms with Gasteiger partial charge in [-0.25, -0.2) is 0 Å². The zero-order valence-corrected chi connectivity index (χ0v) is 7.95. The Kier molecular flexibility index (Phi) is 2.38. The van der Waals surface area contributed by atoms with E-state index < -0.39 is 0 Å². The number of carbonyl (C=O) groups is 1. The van der Waals surface area contributed by atoms with E-state index in [1.165, 1.54) is 0 Å². The molecule has 0 atom stereocenters. The maximum atomic E-state index is 11.2. The summed E-state index contributed by atoms with van der Waals surface area (Å²) in [5, 5.41) is 12.0. The van der Waals surface area contributed by atoms with Gasteiger partial charge in [0.1, 0.15) is 6.42 Å². The highest BCUT2D eigenvalue weighted by Crippen LogP contribution is 2.22. The second-order valence-corrected chi connectivity index (χ2v) is 3.13. The minimum Gasteiger partial charge on any atom is -0.359 e. The van der Waals surface area contributed by atoms with Gasteiger partial charge in [0.25, 0.3) is 0 Å². The largest absolute Gasteiger partial charge is 0.359 e. The Morgan fingerprint density at radius 1 is 1.47 bits per heavy atom. The zero-order valence-electron chi connectivity index (χ0n) is 7.95. The van der Waals surface area contributed by atoms with E-state index >= 15 is 0 Å². The van der Waals surface area contributed by atoms with E-state index in [0.717, 1.165) is 10.9 Å². The van der Waals surface area contributed by atoms with Gasteiger partial charge < -0.3 is 10.3 Å².